The van der Waals surface area contributed by atoms with Gasteiger partial charge in [-0.05, 0) is 18.9 Å². The Morgan fingerprint density at radius 2 is 2.17 bits per heavy atom. The van der Waals surface area contributed by atoms with E-state index < -0.39 is 4.92 Å². The van der Waals surface area contributed by atoms with Crippen molar-refractivity contribution >= 4 is 11.6 Å². The quantitative estimate of drug-likeness (QED) is 0.625. The van der Waals surface area contributed by atoms with Gasteiger partial charge in [-0.3, -0.25) is 14.9 Å². The van der Waals surface area contributed by atoms with Gasteiger partial charge >= 0.3 is 0 Å². The minimum atomic E-state index is -0.487. The Balaban J connectivity index is 1.79. The second kappa shape index (κ2) is 6.36. The zero-order chi connectivity index (χ0) is 17.2. The molecule has 0 bridgehead atoms. The number of aromatic nitrogens is 3. The molecule has 24 heavy (non-hydrogen) atoms. The highest BCUT2D eigenvalue weighted by atomic mass is 16.6. The Labute approximate surface area is 138 Å². The summed E-state index contributed by atoms with van der Waals surface area (Å²) in [6, 6.07) is 5.96. The molecule has 0 radical (unpaired) electrons. The minimum Gasteiger partial charge on any atom is -0.344 e. The number of amides is 1. The standard InChI is InChI=1S/C15H18N6O3/c16-10-15(6-1-2-7-15)17-14(22)13-9-20(19-18-13)11-4-3-5-12(8-11)21(23)24/h3-5,8-9H,1-2,6-7,10,16H2,(H,17,22). The van der Waals surface area contributed by atoms with Crippen molar-refractivity contribution in [2.45, 2.75) is 31.2 Å². The molecule has 9 nitrogen and oxygen atoms in total. The maximum atomic E-state index is 12.4. The predicted molar refractivity (Wildman–Crippen MR) is 85.7 cm³/mol. The van der Waals surface area contributed by atoms with Crippen LogP contribution in [0.15, 0.2) is 30.5 Å². The van der Waals surface area contributed by atoms with Crippen molar-refractivity contribution in [3.63, 3.8) is 0 Å². The summed E-state index contributed by atoms with van der Waals surface area (Å²) in [6.07, 6.45) is 5.24. The number of carbonyl (C=O) groups is 1. The van der Waals surface area contributed by atoms with E-state index in [-0.39, 0.29) is 22.8 Å². The molecule has 3 rings (SSSR count). The van der Waals surface area contributed by atoms with Gasteiger partial charge in [0.1, 0.15) is 0 Å². The van der Waals surface area contributed by atoms with Crippen molar-refractivity contribution in [2.75, 3.05) is 6.54 Å². The normalized spacial score (nSPS) is 16.0. The molecule has 3 N–H and O–H groups in total. The van der Waals surface area contributed by atoms with Gasteiger partial charge in [0, 0.05) is 18.7 Å². The Hall–Kier alpha value is -2.81. The summed E-state index contributed by atoms with van der Waals surface area (Å²) >= 11 is 0. The van der Waals surface area contributed by atoms with Gasteiger partial charge in [0.05, 0.1) is 22.3 Å². The molecule has 2 aromatic rings. The van der Waals surface area contributed by atoms with Crippen molar-refractivity contribution in [2.24, 2.45) is 5.73 Å². The fourth-order valence-electron chi connectivity index (χ4n) is 2.98. The van der Waals surface area contributed by atoms with Crippen LogP contribution in [0.2, 0.25) is 0 Å². The highest BCUT2D eigenvalue weighted by Crippen LogP contribution is 2.28. The second-order valence-corrected chi connectivity index (χ2v) is 5.97. The van der Waals surface area contributed by atoms with Gasteiger partial charge < -0.3 is 11.1 Å². The van der Waals surface area contributed by atoms with Gasteiger partial charge in [0.25, 0.3) is 11.6 Å². The Morgan fingerprint density at radius 1 is 1.42 bits per heavy atom. The van der Waals surface area contributed by atoms with E-state index in [9.17, 15) is 14.9 Å². The lowest BCUT2D eigenvalue weighted by atomic mass is 9.98. The average molecular weight is 330 g/mol. The van der Waals surface area contributed by atoms with E-state index in [1.807, 2.05) is 0 Å². The number of nitrogens with two attached hydrogens (primary N) is 1. The first-order chi connectivity index (χ1) is 11.5. The smallest absolute Gasteiger partial charge is 0.273 e. The minimum absolute atomic E-state index is 0.0537. The summed E-state index contributed by atoms with van der Waals surface area (Å²) in [5.74, 6) is -0.334. The summed E-state index contributed by atoms with van der Waals surface area (Å²) in [5, 5.41) is 21.6. The molecule has 1 fully saturated rings. The topological polar surface area (TPSA) is 129 Å². The first-order valence-electron chi connectivity index (χ1n) is 7.73. The van der Waals surface area contributed by atoms with Crippen molar-refractivity contribution in [3.05, 3.63) is 46.3 Å². The monoisotopic (exact) mass is 330 g/mol. The Bertz CT molecular complexity index is 766. The third-order valence-electron chi connectivity index (χ3n) is 4.36. The maximum Gasteiger partial charge on any atom is 0.273 e. The first kappa shape index (κ1) is 16.1. The van der Waals surface area contributed by atoms with Gasteiger partial charge in [0.2, 0.25) is 0 Å². The Kier molecular flexibility index (Phi) is 4.26. The zero-order valence-corrected chi connectivity index (χ0v) is 13.0. The predicted octanol–water partition coefficient (Wildman–Crippen LogP) is 1.18. The van der Waals surface area contributed by atoms with Crippen LogP contribution in [0.4, 0.5) is 5.69 Å². The van der Waals surface area contributed by atoms with Crippen LogP contribution in [0, 0.1) is 10.1 Å². The number of rotatable bonds is 5. The van der Waals surface area contributed by atoms with Gasteiger partial charge in [-0.1, -0.05) is 24.1 Å². The average Bonchev–Trinajstić information content (AvgIpc) is 3.25. The molecule has 0 atom stereocenters. The number of carbonyl (C=O) groups excluding carboxylic acids is 1. The van der Waals surface area contributed by atoms with Crippen LogP contribution in [0.3, 0.4) is 0 Å². The number of benzene rings is 1. The molecule has 0 saturated heterocycles. The van der Waals surface area contributed by atoms with E-state index in [1.54, 1.807) is 12.1 Å². The van der Waals surface area contributed by atoms with Crippen molar-refractivity contribution in [3.8, 4) is 5.69 Å². The highest BCUT2D eigenvalue weighted by molar-refractivity contribution is 5.92. The largest absolute Gasteiger partial charge is 0.344 e. The third kappa shape index (κ3) is 3.11. The summed E-state index contributed by atoms with van der Waals surface area (Å²) in [4.78, 5) is 22.8. The number of hydrogen-bond donors (Lipinski definition) is 2. The number of non-ortho nitro benzene ring substituents is 1. The maximum absolute atomic E-state index is 12.4. The highest BCUT2D eigenvalue weighted by Gasteiger charge is 2.34. The summed E-state index contributed by atoms with van der Waals surface area (Å²) < 4.78 is 1.34. The molecular weight excluding hydrogens is 312 g/mol. The fraction of sp³-hybridized carbons (Fsp3) is 0.400. The number of nitrogens with one attached hydrogen (secondary N) is 1. The van der Waals surface area contributed by atoms with E-state index in [4.69, 9.17) is 5.73 Å². The molecule has 0 aliphatic heterocycles. The van der Waals surface area contributed by atoms with E-state index in [0.29, 0.717) is 12.2 Å². The molecule has 1 saturated carbocycles. The molecule has 1 heterocycles. The van der Waals surface area contributed by atoms with Crippen molar-refractivity contribution < 1.29 is 9.72 Å². The molecule has 0 unspecified atom stereocenters. The van der Waals surface area contributed by atoms with Gasteiger partial charge in [-0.2, -0.15) is 0 Å². The van der Waals surface area contributed by atoms with Crippen LogP contribution in [-0.4, -0.2) is 37.9 Å². The number of nitrogens with zero attached hydrogens (tertiary/aromatic N) is 4. The Morgan fingerprint density at radius 3 is 2.83 bits per heavy atom. The van der Waals surface area contributed by atoms with E-state index in [0.717, 1.165) is 25.7 Å². The molecule has 0 spiro atoms. The van der Waals surface area contributed by atoms with E-state index in [1.165, 1.54) is 23.0 Å². The fourth-order valence-corrected chi connectivity index (χ4v) is 2.98. The van der Waals surface area contributed by atoms with Crippen LogP contribution in [0.25, 0.3) is 5.69 Å². The number of nitro groups is 1. The van der Waals surface area contributed by atoms with Crippen molar-refractivity contribution in [1.29, 1.82) is 0 Å². The molecule has 1 aliphatic rings. The zero-order valence-electron chi connectivity index (χ0n) is 13.0. The lowest BCUT2D eigenvalue weighted by Crippen LogP contribution is -2.51. The van der Waals surface area contributed by atoms with Gasteiger partial charge in [-0.15, -0.1) is 5.10 Å². The van der Waals surface area contributed by atoms with Gasteiger partial charge in [-0.25, -0.2) is 4.68 Å². The SMILES string of the molecule is NCC1(NC(=O)c2cn(-c3cccc([N+](=O)[O-])c3)nn2)CCCC1. The molecule has 1 aromatic carbocycles. The third-order valence-corrected chi connectivity index (χ3v) is 4.36. The summed E-state index contributed by atoms with van der Waals surface area (Å²) in [7, 11) is 0. The molecule has 1 aliphatic carbocycles. The van der Waals surface area contributed by atoms with Gasteiger partial charge in [0.15, 0.2) is 5.69 Å². The lowest BCUT2D eigenvalue weighted by molar-refractivity contribution is -0.384. The second-order valence-electron chi connectivity index (χ2n) is 5.97. The summed E-state index contributed by atoms with van der Waals surface area (Å²) in [6.45, 7) is 0.387. The van der Waals surface area contributed by atoms with Crippen LogP contribution < -0.4 is 11.1 Å². The number of hydrogen-bond acceptors (Lipinski definition) is 6. The van der Waals surface area contributed by atoms with Crippen LogP contribution in [0.1, 0.15) is 36.2 Å². The van der Waals surface area contributed by atoms with Crippen molar-refractivity contribution in [1.82, 2.24) is 20.3 Å². The number of nitro benzene ring substituents is 1. The molecular formula is C15H18N6O3. The van der Waals surface area contributed by atoms with Crippen LogP contribution >= 0.6 is 0 Å². The van der Waals surface area contributed by atoms with Crippen LogP contribution in [-0.2, 0) is 0 Å². The van der Waals surface area contributed by atoms with Crippen LogP contribution in [0.5, 0.6) is 0 Å². The molecule has 9 heteroatoms. The molecule has 126 valence electrons. The summed E-state index contributed by atoms with van der Waals surface area (Å²) in [5.41, 5.74) is 6.01. The molecule has 1 aromatic heterocycles. The van der Waals surface area contributed by atoms with E-state index in [2.05, 4.69) is 15.6 Å². The first-order valence-corrected chi connectivity index (χ1v) is 7.73. The lowest BCUT2D eigenvalue weighted by Gasteiger charge is -2.28. The van der Waals surface area contributed by atoms with E-state index >= 15 is 0 Å². The molecule has 1 amide bonds.